The second kappa shape index (κ2) is 6.37. The predicted octanol–water partition coefficient (Wildman–Crippen LogP) is 2.97. The zero-order chi connectivity index (χ0) is 12.1. The van der Waals surface area contributed by atoms with E-state index in [1.807, 2.05) is 6.07 Å². The zero-order valence-corrected chi connectivity index (χ0v) is 12.1. The van der Waals surface area contributed by atoms with Crippen molar-refractivity contribution in [2.45, 2.75) is 43.8 Å². The Morgan fingerprint density at radius 3 is 2.76 bits per heavy atom. The summed E-state index contributed by atoms with van der Waals surface area (Å²) in [4.78, 5) is 12.3. The van der Waals surface area contributed by atoms with E-state index >= 15 is 0 Å². The number of Topliss-reactive ketones (excluding diaryl/α,β-unsaturated/α-hetero) is 1. The summed E-state index contributed by atoms with van der Waals surface area (Å²) in [5.41, 5.74) is 0. The molecule has 1 fully saturated rings. The van der Waals surface area contributed by atoms with Crippen LogP contribution in [-0.2, 0) is 4.79 Å². The van der Waals surface area contributed by atoms with Crippen LogP contribution in [0.5, 0.6) is 0 Å². The molecule has 1 aromatic carbocycles. The van der Waals surface area contributed by atoms with Crippen molar-refractivity contribution in [1.82, 2.24) is 0 Å². The van der Waals surface area contributed by atoms with Gasteiger partial charge >= 0.3 is 110 Å². The van der Waals surface area contributed by atoms with Crippen molar-refractivity contribution in [3.8, 4) is 0 Å². The van der Waals surface area contributed by atoms with Crippen LogP contribution in [0, 0.1) is 5.92 Å². The molecule has 0 bridgehead atoms. The van der Waals surface area contributed by atoms with Gasteiger partial charge in [-0.05, 0) is 0 Å². The molecule has 92 valence electrons. The van der Waals surface area contributed by atoms with Gasteiger partial charge < -0.3 is 0 Å². The summed E-state index contributed by atoms with van der Waals surface area (Å²) in [6.45, 7) is 2.23. The summed E-state index contributed by atoms with van der Waals surface area (Å²) in [6.07, 6.45) is 5.74. The molecule has 0 spiro atoms. The van der Waals surface area contributed by atoms with Gasteiger partial charge in [-0.25, -0.2) is 0 Å². The molecule has 0 radical (unpaired) electrons. The number of hydrogen-bond acceptors (Lipinski definition) is 1. The summed E-state index contributed by atoms with van der Waals surface area (Å²) in [7, 11) is 0. The first-order valence-corrected chi connectivity index (χ1v) is 8.40. The third kappa shape index (κ3) is 3.43. The topological polar surface area (TPSA) is 17.1 Å². The molecule has 2 heteroatoms. The maximum atomic E-state index is 12.0. The van der Waals surface area contributed by atoms with Gasteiger partial charge in [0, 0.05) is 0 Å². The molecule has 0 heterocycles. The molecular weight excluding hydrogens is 275 g/mol. The predicted molar refractivity (Wildman–Crippen MR) is 72.8 cm³/mol. The van der Waals surface area contributed by atoms with Gasteiger partial charge in [-0.1, -0.05) is 0 Å². The molecule has 17 heavy (non-hydrogen) atoms. The van der Waals surface area contributed by atoms with Crippen molar-refractivity contribution in [3.05, 3.63) is 30.3 Å². The van der Waals surface area contributed by atoms with Crippen LogP contribution in [0.25, 0.3) is 0 Å². The first-order chi connectivity index (χ1) is 8.31. The summed E-state index contributed by atoms with van der Waals surface area (Å²) >= 11 is 0.341. The van der Waals surface area contributed by atoms with Crippen LogP contribution in [-0.4, -0.2) is 20.7 Å². The molecule has 0 saturated heterocycles. The van der Waals surface area contributed by atoms with E-state index in [9.17, 15) is 4.79 Å². The minimum absolute atomic E-state index is 0.341. The second-order valence-corrected chi connectivity index (χ2v) is 7.31. The first kappa shape index (κ1) is 12.9. The van der Waals surface area contributed by atoms with Crippen molar-refractivity contribution in [3.63, 3.8) is 0 Å². The van der Waals surface area contributed by atoms with E-state index in [2.05, 4.69) is 31.2 Å². The van der Waals surface area contributed by atoms with Crippen molar-refractivity contribution in [2.75, 3.05) is 0 Å². The van der Waals surface area contributed by atoms with Crippen LogP contribution in [0.2, 0.25) is 4.82 Å². The Morgan fingerprint density at radius 2 is 2.06 bits per heavy atom. The number of carbonyl (C=O) groups is 1. The molecule has 1 aliphatic rings. The molecule has 1 saturated carbocycles. The Bertz CT molecular complexity index is 360. The molecule has 2 rings (SSSR count). The third-order valence-corrected chi connectivity index (χ3v) is 6.48. The second-order valence-electron chi connectivity index (χ2n) is 4.76. The van der Waals surface area contributed by atoms with Gasteiger partial charge in [0.25, 0.3) is 0 Å². The number of unbranched alkanes of at least 4 members (excludes halogenated alkanes) is 1. The van der Waals surface area contributed by atoms with Crippen molar-refractivity contribution in [2.24, 2.45) is 5.92 Å². The number of ketones is 1. The number of hydrogen-bond donors (Lipinski definition) is 0. The van der Waals surface area contributed by atoms with Crippen molar-refractivity contribution in [1.29, 1.82) is 0 Å². The number of carbonyl (C=O) groups excluding carboxylic acids is 1. The SMILES string of the molecule is CCCC[C@@H]1CCC(=O)[C@@H]1[Se]c1ccccc1. The van der Waals surface area contributed by atoms with Gasteiger partial charge in [-0.15, -0.1) is 0 Å². The van der Waals surface area contributed by atoms with E-state index in [4.69, 9.17) is 0 Å². The van der Waals surface area contributed by atoms with E-state index in [-0.39, 0.29) is 0 Å². The zero-order valence-electron chi connectivity index (χ0n) is 10.4. The fraction of sp³-hybridized carbons (Fsp3) is 0.533. The monoisotopic (exact) mass is 296 g/mol. The van der Waals surface area contributed by atoms with Gasteiger partial charge in [-0.3, -0.25) is 0 Å². The molecule has 1 aromatic rings. The van der Waals surface area contributed by atoms with Gasteiger partial charge in [0.1, 0.15) is 0 Å². The quantitative estimate of drug-likeness (QED) is 0.763. The number of benzene rings is 1. The molecule has 1 aliphatic carbocycles. The molecule has 0 aliphatic heterocycles. The molecular formula is C15H20OSe. The van der Waals surface area contributed by atoms with E-state index in [1.165, 1.54) is 23.7 Å². The van der Waals surface area contributed by atoms with Crippen LogP contribution in [0.4, 0.5) is 0 Å². The molecule has 0 aromatic heterocycles. The molecule has 1 nitrogen and oxygen atoms in total. The van der Waals surface area contributed by atoms with Crippen LogP contribution >= 0.6 is 0 Å². The molecule has 0 amide bonds. The van der Waals surface area contributed by atoms with E-state index in [1.54, 1.807) is 0 Å². The van der Waals surface area contributed by atoms with E-state index in [0.717, 1.165) is 12.8 Å². The Kier molecular flexibility index (Phi) is 4.82. The summed E-state index contributed by atoms with van der Waals surface area (Å²) in [5.74, 6) is 1.19. The van der Waals surface area contributed by atoms with Gasteiger partial charge in [0.15, 0.2) is 0 Å². The fourth-order valence-corrected chi connectivity index (χ4v) is 5.23. The average molecular weight is 295 g/mol. The minimum atomic E-state index is 0.341. The standard InChI is InChI=1S/C15H20OSe/c1-2-3-7-12-10-11-14(16)15(12)17-13-8-5-4-6-9-13/h4-6,8-9,12,15H,2-3,7,10-11H2,1H3/t12-,15-/m1/s1. The number of rotatable bonds is 5. The summed E-state index contributed by atoms with van der Waals surface area (Å²) in [5, 5.41) is 0. The molecule has 2 atom stereocenters. The van der Waals surface area contributed by atoms with E-state index in [0.29, 0.717) is 31.5 Å². The molecule has 0 unspecified atom stereocenters. The van der Waals surface area contributed by atoms with Gasteiger partial charge in [0.2, 0.25) is 0 Å². The summed E-state index contributed by atoms with van der Waals surface area (Å²) < 4.78 is 1.38. The van der Waals surface area contributed by atoms with Crippen LogP contribution in [0.3, 0.4) is 0 Å². The van der Waals surface area contributed by atoms with Crippen LogP contribution < -0.4 is 4.46 Å². The molecule has 0 N–H and O–H groups in total. The Hall–Kier alpha value is -0.591. The third-order valence-electron chi connectivity index (χ3n) is 3.44. The van der Waals surface area contributed by atoms with Gasteiger partial charge in [0.05, 0.1) is 0 Å². The Morgan fingerprint density at radius 1 is 1.29 bits per heavy atom. The van der Waals surface area contributed by atoms with Crippen molar-refractivity contribution < 1.29 is 4.79 Å². The van der Waals surface area contributed by atoms with Crippen LogP contribution in [0.15, 0.2) is 30.3 Å². The summed E-state index contributed by atoms with van der Waals surface area (Å²) in [6, 6.07) is 10.5. The Balaban J connectivity index is 1.99. The maximum absolute atomic E-state index is 12.0. The van der Waals surface area contributed by atoms with E-state index < -0.39 is 0 Å². The van der Waals surface area contributed by atoms with Crippen LogP contribution in [0.1, 0.15) is 39.0 Å². The van der Waals surface area contributed by atoms with Crippen molar-refractivity contribution >= 4 is 25.2 Å². The van der Waals surface area contributed by atoms with Gasteiger partial charge in [-0.2, -0.15) is 0 Å². The Labute approximate surface area is 110 Å². The average Bonchev–Trinajstić information content (AvgIpc) is 2.70. The first-order valence-electron chi connectivity index (χ1n) is 6.55. The normalized spacial score (nSPS) is 24.2. The fourth-order valence-electron chi connectivity index (χ4n) is 2.45.